The topological polar surface area (TPSA) is 91.3 Å². The number of hydrogen-bond donors (Lipinski definition) is 1. The molecule has 0 aliphatic carbocycles. The van der Waals surface area contributed by atoms with Crippen LogP contribution in [-0.4, -0.2) is 45.0 Å². The van der Waals surface area contributed by atoms with Crippen molar-refractivity contribution in [3.8, 4) is 34.3 Å². The third kappa shape index (κ3) is 5.22. The van der Waals surface area contributed by atoms with Crippen molar-refractivity contribution in [1.82, 2.24) is 10.4 Å². The molecule has 8 nitrogen and oxygen atoms in total. The Balaban J connectivity index is 1.66. The molecule has 0 saturated heterocycles. The first-order valence-electron chi connectivity index (χ1n) is 11.3. The second-order valence-electron chi connectivity index (χ2n) is 7.68. The summed E-state index contributed by atoms with van der Waals surface area (Å²) in [6, 6.07) is 20.3. The number of nitrogens with one attached hydrogen (secondary N) is 1. The molecule has 1 N–H and O–H groups in total. The van der Waals surface area contributed by atoms with Crippen LogP contribution in [0.15, 0.2) is 71.8 Å². The molecule has 1 heterocycles. The van der Waals surface area contributed by atoms with E-state index >= 15 is 0 Å². The van der Waals surface area contributed by atoms with Gasteiger partial charge in [-0.25, -0.2) is 10.4 Å². The van der Waals surface area contributed by atoms with Gasteiger partial charge in [-0.1, -0.05) is 30.3 Å². The Morgan fingerprint density at radius 3 is 2.42 bits per heavy atom. The summed E-state index contributed by atoms with van der Waals surface area (Å²) in [7, 11) is 4.64. The lowest BCUT2D eigenvalue weighted by atomic mass is 10.0. The Kier molecular flexibility index (Phi) is 7.65. The lowest BCUT2D eigenvalue weighted by Crippen LogP contribution is -2.18. The van der Waals surface area contributed by atoms with E-state index in [1.807, 2.05) is 55.5 Å². The smallest absolute Gasteiger partial charge is 0.272 e. The zero-order valence-corrected chi connectivity index (χ0v) is 20.6. The number of methoxy groups -OCH3 is 3. The zero-order valence-electron chi connectivity index (χ0n) is 20.6. The minimum atomic E-state index is -0.369. The van der Waals surface area contributed by atoms with Crippen LogP contribution < -0.4 is 24.4 Å². The molecule has 0 atom stereocenters. The number of carbonyl (C=O) groups excluding carboxylic acids is 1. The van der Waals surface area contributed by atoms with Gasteiger partial charge in [-0.15, -0.1) is 0 Å². The van der Waals surface area contributed by atoms with Crippen molar-refractivity contribution in [2.45, 2.75) is 6.92 Å². The summed E-state index contributed by atoms with van der Waals surface area (Å²) in [6.45, 7) is 2.49. The molecule has 0 aliphatic heterocycles. The first-order valence-corrected chi connectivity index (χ1v) is 11.3. The molecule has 0 bridgehead atoms. The minimum Gasteiger partial charge on any atom is -0.496 e. The van der Waals surface area contributed by atoms with E-state index in [9.17, 15) is 4.79 Å². The number of nitrogens with zero attached hydrogens (tertiary/aromatic N) is 2. The van der Waals surface area contributed by atoms with E-state index in [1.165, 1.54) is 6.21 Å². The van der Waals surface area contributed by atoms with Crippen LogP contribution in [0.2, 0.25) is 0 Å². The Morgan fingerprint density at radius 2 is 1.67 bits per heavy atom. The molecule has 0 saturated carbocycles. The highest BCUT2D eigenvalue weighted by atomic mass is 16.5. The second-order valence-corrected chi connectivity index (χ2v) is 7.68. The molecule has 4 aromatic rings. The number of ether oxygens (including phenoxy) is 4. The van der Waals surface area contributed by atoms with Crippen LogP contribution in [0.5, 0.6) is 23.0 Å². The maximum atomic E-state index is 13.2. The van der Waals surface area contributed by atoms with Gasteiger partial charge >= 0.3 is 0 Å². The van der Waals surface area contributed by atoms with Crippen molar-refractivity contribution in [3.63, 3.8) is 0 Å². The lowest BCUT2D eigenvalue weighted by Gasteiger charge is -2.12. The normalized spacial score (nSPS) is 10.9. The summed E-state index contributed by atoms with van der Waals surface area (Å²) in [5, 5.41) is 4.88. The Morgan fingerprint density at radius 1 is 0.917 bits per heavy atom. The van der Waals surface area contributed by atoms with Crippen molar-refractivity contribution >= 4 is 23.0 Å². The fourth-order valence-corrected chi connectivity index (χ4v) is 3.80. The van der Waals surface area contributed by atoms with Gasteiger partial charge in [0, 0.05) is 22.6 Å². The number of pyridine rings is 1. The van der Waals surface area contributed by atoms with Crippen molar-refractivity contribution in [2.24, 2.45) is 5.10 Å². The van der Waals surface area contributed by atoms with Crippen LogP contribution in [0.25, 0.3) is 22.2 Å². The fraction of sp³-hybridized carbons (Fsp3) is 0.179. The van der Waals surface area contributed by atoms with Crippen molar-refractivity contribution in [3.05, 3.63) is 77.9 Å². The monoisotopic (exact) mass is 485 g/mol. The Bertz CT molecular complexity index is 1420. The number of para-hydroxylation sites is 1. The number of aromatic nitrogens is 1. The van der Waals surface area contributed by atoms with Crippen LogP contribution in [-0.2, 0) is 0 Å². The summed E-state index contributed by atoms with van der Waals surface area (Å²) < 4.78 is 21.7. The molecular weight excluding hydrogens is 458 g/mol. The highest BCUT2D eigenvalue weighted by Crippen LogP contribution is 2.34. The molecular formula is C28H27N3O5. The highest BCUT2D eigenvalue weighted by Gasteiger charge is 2.15. The van der Waals surface area contributed by atoms with Crippen LogP contribution in [0, 0.1) is 0 Å². The number of rotatable bonds is 9. The van der Waals surface area contributed by atoms with Gasteiger partial charge in [-0.2, -0.15) is 5.10 Å². The summed E-state index contributed by atoms with van der Waals surface area (Å²) in [4.78, 5) is 18.0. The Labute approximate surface area is 209 Å². The maximum absolute atomic E-state index is 13.2. The summed E-state index contributed by atoms with van der Waals surface area (Å²) in [6.07, 6.45) is 1.49. The molecule has 8 heteroatoms. The SMILES string of the molecule is CCOc1cccc(-c2cc(C(=O)NN=Cc3cc(OC)c(OC)cc3OC)c3ccccc3n2)c1. The predicted molar refractivity (Wildman–Crippen MR) is 140 cm³/mol. The average molecular weight is 486 g/mol. The molecule has 0 spiro atoms. The molecule has 184 valence electrons. The fourth-order valence-electron chi connectivity index (χ4n) is 3.80. The quantitative estimate of drug-likeness (QED) is 0.262. The van der Waals surface area contributed by atoms with E-state index in [4.69, 9.17) is 23.9 Å². The first-order chi connectivity index (χ1) is 17.6. The van der Waals surface area contributed by atoms with Crippen LogP contribution in [0.3, 0.4) is 0 Å². The largest absolute Gasteiger partial charge is 0.496 e. The van der Waals surface area contributed by atoms with Gasteiger partial charge in [-0.05, 0) is 37.3 Å². The van der Waals surface area contributed by atoms with Crippen molar-refractivity contribution in [2.75, 3.05) is 27.9 Å². The van der Waals surface area contributed by atoms with E-state index in [0.29, 0.717) is 46.2 Å². The van der Waals surface area contributed by atoms with Gasteiger partial charge in [0.05, 0.1) is 50.9 Å². The predicted octanol–water partition coefficient (Wildman–Crippen LogP) is 5.09. The van der Waals surface area contributed by atoms with E-state index < -0.39 is 0 Å². The van der Waals surface area contributed by atoms with E-state index in [2.05, 4.69) is 10.5 Å². The zero-order chi connectivity index (χ0) is 25.5. The molecule has 4 rings (SSSR count). The molecule has 0 aliphatic rings. The number of amides is 1. The highest BCUT2D eigenvalue weighted by molar-refractivity contribution is 6.07. The molecule has 0 unspecified atom stereocenters. The van der Waals surface area contributed by atoms with Crippen LogP contribution in [0.1, 0.15) is 22.8 Å². The average Bonchev–Trinajstić information content (AvgIpc) is 2.92. The van der Waals surface area contributed by atoms with E-state index in [0.717, 1.165) is 16.7 Å². The van der Waals surface area contributed by atoms with Crippen LogP contribution in [0.4, 0.5) is 0 Å². The number of benzene rings is 3. The number of hydrogen-bond acceptors (Lipinski definition) is 7. The molecule has 3 aromatic carbocycles. The van der Waals surface area contributed by atoms with Gasteiger partial charge in [-0.3, -0.25) is 4.79 Å². The third-order valence-electron chi connectivity index (χ3n) is 5.51. The van der Waals surface area contributed by atoms with E-state index in [1.54, 1.807) is 39.5 Å². The molecule has 0 radical (unpaired) electrons. The Hall–Kier alpha value is -4.59. The van der Waals surface area contributed by atoms with Gasteiger partial charge < -0.3 is 18.9 Å². The molecule has 1 aromatic heterocycles. The number of fused-ring (bicyclic) bond motifs is 1. The summed E-state index contributed by atoms with van der Waals surface area (Å²) in [5.74, 6) is 1.94. The lowest BCUT2D eigenvalue weighted by molar-refractivity contribution is 0.0956. The van der Waals surface area contributed by atoms with E-state index in [-0.39, 0.29) is 5.91 Å². The molecule has 0 fully saturated rings. The number of carbonyl (C=O) groups is 1. The third-order valence-corrected chi connectivity index (χ3v) is 5.51. The van der Waals surface area contributed by atoms with Gasteiger partial charge in [0.2, 0.25) is 0 Å². The standard InChI is InChI=1S/C28H27N3O5/c1-5-36-20-10-8-9-18(13-20)24-15-22(21-11-6-7-12-23(21)30-24)28(32)31-29-17-19-14-26(34-3)27(35-4)16-25(19)33-2/h6-17H,5H2,1-4H3,(H,31,32). The second kappa shape index (κ2) is 11.2. The van der Waals surface area contributed by atoms with Gasteiger partial charge in [0.1, 0.15) is 11.5 Å². The molecule has 36 heavy (non-hydrogen) atoms. The first kappa shape index (κ1) is 24.5. The number of hydrazone groups is 1. The maximum Gasteiger partial charge on any atom is 0.272 e. The van der Waals surface area contributed by atoms with Crippen LogP contribution >= 0.6 is 0 Å². The van der Waals surface area contributed by atoms with Gasteiger partial charge in [0.25, 0.3) is 5.91 Å². The molecule has 1 amide bonds. The van der Waals surface area contributed by atoms with Crippen molar-refractivity contribution < 1.29 is 23.7 Å². The summed E-state index contributed by atoms with van der Waals surface area (Å²) in [5.41, 5.74) is 5.89. The van der Waals surface area contributed by atoms with Crippen molar-refractivity contribution in [1.29, 1.82) is 0 Å². The van der Waals surface area contributed by atoms with Gasteiger partial charge in [0.15, 0.2) is 11.5 Å². The summed E-state index contributed by atoms with van der Waals surface area (Å²) >= 11 is 0. The minimum absolute atomic E-state index is 0.369.